The van der Waals surface area contributed by atoms with Crippen LogP contribution in [0.2, 0.25) is 8.67 Å². The second-order valence-corrected chi connectivity index (χ2v) is 8.18. The summed E-state index contributed by atoms with van der Waals surface area (Å²) < 4.78 is 7.18. The molecule has 0 aliphatic carbocycles. The normalized spacial score (nSPS) is 14.8. The number of halogens is 2. The number of carbonyl (C=O) groups is 1. The van der Waals surface area contributed by atoms with Crippen molar-refractivity contribution in [2.24, 2.45) is 16.5 Å². The lowest BCUT2D eigenvalue weighted by Crippen LogP contribution is -2.34. The lowest BCUT2D eigenvalue weighted by molar-refractivity contribution is 0.100. The fourth-order valence-corrected chi connectivity index (χ4v) is 4.28. The molecule has 0 spiro atoms. The van der Waals surface area contributed by atoms with Crippen LogP contribution in [0.4, 0.5) is 0 Å². The number of nitrogens with zero attached hydrogens (tertiary/aromatic N) is 1. The molecule has 1 fully saturated rings. The van der Waals surface area contributed by atoms with Gasteiger partial charge in [0.15, 0.2) is 5.96 Å². The largest absolute Gasteiger partial charge is 0.490 e. The Balaban J connectivity index is 1.99. The van der Waals surface area contributed by atoms with E-state index in [4.69, 9.17) is 39.4 Å². The number of aliphatic imine (C=N–C) groups is 1. The van der Waals surface area contributed by atoms with Crippen LogP contribution in [0.3, 0.4) is 0 Å². The number of amides is 1. The highest BCUT2D eigenvalue weighted by atomic mass is 35.5. The van der Waals surface area contributed by atoms with E-state index in [0.717, 1.165) is 37.1 Å². The second kappa shape index (κ2) is 8.26. The average molecular weight is 413 g/mol. The summed E-state index contributed by atoms with van der Waals surface area (Å²) in [6.45, 7) is 1.80. The molecule has 1 saturated heterocycles. The summed E-state index contributed by atoms with van der Waals surface area (Å²) in [6, 6.07) is 6.92. The first kappa shape index (κ1) is 19.0. The van der Waals surface area contributed by atoms with Gasteiger partial charge < -0.3 is 21.5 Å². The SMILES string of the molecule is NC(N)=NC(=O)c1cc(OC2CCNCC2)cc(-c2cc(Cl)sc2Cl)c1. The highest BCUT2D eigenvalue weighted by Gasteiger charge is 2.18. The number of thiophene rings is 1. The van der Waals surface area contributed by atoms with Crippen LogP contribution in [0, 0.1) is 0 Å². The number of nitrogens with one attached hydrogen (secondary N) is 1. The second-order valence-electron chi connectivity index (χ2n) is 5.89. The molecule has 1 amide bonds. The summed E-state index contributed by atoms with van der Waals surface area (Å²) in [5.41, 5.74) is 12.4. The van der Waals surface area contributed by atoms with Crippen LogP contribution in [-0.4, -0.2) is 31.1 Å². The first-order valence-electron chi connectivity index (χ1n) is 8.04. The van der Waals surface area contributed by atoms with E-state index < -0.39 is 5.91 Å². The van der Waals surface area contributed by atoms with Crippen molar-refractivity contribution in [1.29, 1.82) is 0 Å². The van der Waals surface area contributed by atoms with Crippen LogP contribution >= 0.6 is 34.5 Å². The van der Waals surface area contributed by atoms with Gasteiger partial charge in [-0.25, -0.2) is 0 Å². The Morgan fingerprint density at radius 1 is 1.19 bits per heavy atom. The summed E-state index contributed by atoms with van der Waals surface area (Å²) in [4.78, 5) is 15.9. The van der Waals surface area contributed by atoms with Crippen LogP contribution in [0.5, 0.6) is 5.75 Å². The summed E-state index contributed by atoms with van der Waals surface area (Å²) in [7, 11) is 0. The van der Waals surface area contributed by atoms with Crippen molar-refractivity contribution in [2.45, 2.75) is 18.9 Å². The minimum Gasteiger partial charge on any atom is -0.490 e. The highest BCUT2D eigenvalue weighted by Crippen LogP contribution is 2.39. The van der Waals surface area contributed by atoms with Crippen molar-refractivity contribution in [2.75, 3.05) is 13.1 Å². The molecule has 9 heteroatoms. The molecule has 5 N–H and O–H groups in total. The van der Waals surface area contributed by atoms with Gasteiger partial charge in [0.1, 0.15) is 16.2 Å². The third-order valence-corrected chi connectivity index (χ3v) is 5.43. The van der Waals surface area contributed by atoms with E-state index in [2.05, 4.69) is 10.3 Å². The Morgan fingerprint density at radius 3 is 2.54 bits per heavy atom. The predicted octanol–water partition coefficient (Wildman–Crippen LogP) is 3.27. The van der Waals surface area contributed by atoms with Gasteiger partial charge in [0, 0.05) is 11.1 Å². The monoisotopic (exact) mass is 412 g/mol. The van der Waals surface area contributed by atoms with Crippen molar-refractivity contribution in [3.05, 3.63) is 38.5 Å². The van der Waals surface area contributed by atoms with E-state index in [1.165, 1.54) is 11.3 Å². The van der Waals surface area contributed by atoms with Crippen molar-refractivity contribution >= 4 is 46.4 Å². The van der Waals surface area contributed by atoms with Crippen molar-refractivity contribution in [1.82, 2.24) is 5.32 Å². The summed E-state index contributed by atoms with van der Waals surface area (Å²) in [5.74, 6) is -0.265. The molecule has 1 aromatic heterocycles. The number of carbonyl (C=O) groups excluding carboxylic acids is 1. The van der Waals surface area contributed by atoms with Gasteiger partial charge in [-0.15, -0.1) is 11.3 Å². The van der Waals surface area contributed by atoms with E-state index in [9.17, 15) is 4.79 Å². The smallest absolute Gasteiger partial charge is 0.280 e. The average Bonchev–Trinajstić information content (AvgIpc) is 2.93. The number of ether oxygens (including phenoxy) is 1. The van der Waals surface area contributed by atoms with Gasteiger partial charge in [0.05, 0.1) is 4.34 Å². The number of rotatable bonds is 4. The Morgan fingerprint density at radius 2 is 1.92 bits per heavy atom. The predicted molar refractivity (Wildman–Crippen MR) is 106 cm³/mol. The van der Waals surface area contributed by atoms with Gasteiger partial charge in [0.25, 0.3) is 5.91 Å². The highest BCUT2D eigenvalue weighted by molar-refractivity contribution is 7.20. The number of nitrogens with two attached hydrogens (primary N) is 2. The van der Waals surface area contributed by atoms with Crippen LogP contribution in [-0.2, 0) is 0 Å². The maximum atomic E-state index is 12.3. The zero-order chi connectivity index (χ0) is 18.7. The minimum absolute atomic E-state index is 0.0825. The Labute approximate surface area is 165 Å². The van der Waals surface area contributed by atoms with Crippen molar-refractivity contribution in [3.8, 4) is 16.9 Å². The number of hydrogen-bond acceptors (Lipinski definition) is 4. The van der Waals surface area contributed by atoms with Crippen LogP contribution in [0.25, 0.3) is 11.1 Å². The zero-order valence-corrected chi connectivity index (χ0v) is 16.1. The Kier molecular flexibility index (Phi) is 6.03. The third kappa shape index (κ3) is 4.67. The van der Waals surface area contributed by atoms with Gasteiger partial charge in [0.2, 0.25) is 0 Å². The van der Waals surface area contributed by atoms with E-state index in [0.29, 0.717) is 20.0 Å². The maximum absolute atomic E-state index is 12.3. The first-order valence-corrected chi connectivity index (χ1v) is 9.61. The molecule has 26 heavy (non-hydrogen) atoms. The molecule has 0 unspecified atom stereocenters. The summed E-state index contributed by atoms with van der Waals surface area (Å²) >= 11 is 13.6. The number of hydrogen-bond donors (Lipinski definition) is 3. The van der Waals surface area contributed by atoms with Crippen LogP contribution in [0.1, 0.15) is 23.2 Å². The molecule has 0 radical (unpaired) electrons. The Hall–Kier alpha value is -1.80. The topological polar surface area (TPSA) is 103 Å². The van der Waals surface area contributed by atoms with Gasteiger partial charge in [-0.3, -0.25) is 4.79 Å². The molecular weight excluding hydrogens is 395 g/mol. The van der Waals surface area contributed by atoms with Crippen LogP contribution < -0.4 is 21.5 Å². The van der Waals surface area contributed by atoms with Crippen LogP contribution in [0.15, 0.2) is 29.3 Å². The molecule has 0 bridgehead atoms. The minimum atomic E-state index is -0.542. The summed E-state index contributed by atoms with van der Waals surface area (Å²) in [6.07, 6.45) is 1.87. The molecule has 138 valence electrons. The fraction of sp³-hybridized carbons (Fsp3) is 0.294. The van der Waals surface area contributed by atoms with Gasteiger partial charge in [-0.2, -0.15) is 4.99 Å². The third-order valence-electron chi connectivity index (χ3n) is 3.94. The molecule has 6 nitrogen and oxygen atoms in total. The van der Waals surface area contributed by atoms with Crippen molar-refractivity contribution in [3.63, 3.8) is 0 Å². The zero-order valence-electron chi connectivity index (χ0n) is 13.8. The van der Waals surface area contributed by atoms with E-state index in [1.807, 2.05) is 6.07 Å². The van der Waals surface area contributed by atoms with Crippen molar-refractivity contribution < 1.29 is 9.53 Å². The molecule has 0 saturated carbocycles. The number of piperidine rings is 1. The Bertz CT molecular complexity index is 843. The maximum Gasteiger partial charge on any atom is 0.280 e. The van der Waals surface area contributed by atoms with E-state index in [-0.39, 0.29) is 12.1 Å². The van der Waals surface area contributed by atoms with E-state index >= 15 is 0 Å². The molecule has 2 heterocycles. The van der Waals surface area contributed by atoms with Gasteiger partial charge >= 0.3 is 0 Å². The lowest BCUT2D eigenvalue weighted by atomic mass is 10.0. The van der Waals surface area contributed by atoms with E-state index in [1.54, 1.807) is 18.2 Å². The molecule has 2 aromatic rings. The fourth-order valence-electron chi connectivity index (χ4n) is 2.77. The number of guanidine groups is 1. The molecule has 1 aliphatic rings. The number of benzene rings is 1. The van der Waals surface area contributed by atoms with Gasteiger partial charge in [-0.1, -0.05) is 23.2 Å². The molecular formula is C17H18Cl2N4O2S. The standard InChI is InChI=1S/C17H18Cl2N4O2S/c18-14-8-13(15(19)26-14)9-5-10(16(24)23-17(20)21)7-12(6-9)25-11-1-3-22-4-2-11/h5-8,11,22H,1-4H2,(H4,20,21,23,24). The quantitative estimate of drug-likeness (QED) is 0.528. The molecule has 1 aliphatic heterocycles. The summed E-state index contributed by atoms with van der Waals surface area (Å²) in [5, 5.41) is 3.29. The molecule has 3 rings (SSSR count). The van der Waals surface area contributed by atoms with Gasteiger partial charge in [-0.05, 0) is 55.8 Å². The molecule has 1 aromatic carbocycles. The first-order chi connectivity index (χ1) is 12.4. The molecule has 0 atom stereocenters. The lowest BCUT2D eigenvalue weighted by Gasteiger charge is -2.24.